The number of likely N-dealkylation sites (N-methyl/N-ethyl adjacent to an activating group) is 1. The molecule has 0 spiro atoms. The Morgan fingerprint density at radius 1 is 1.21 bits per heavy atom. The minimum absolute atomic E-state index is 0.130. The molecule has 2 heterocycles. The van der Waals surface area contributed by atoms with Crippen molar-refractivity contribution in [1.82, 2.24) is 9.88 Å². The van der Waals surface area contributed by atoms with Crippen LogP contribution in [0, 0.1) is 0 Å². The van der Waals surface area contributed by atoms with Crippen LogP contribution in [0.3, 0.4) is 0 Å². The summed E-state index contributed by atoms with van der Waals surface area (Å²) in [5, 5.41) is 10.5. The van der Waals surface area contributed by atoms with Gasteiger partial charge in [0.2, 0.25) is 12.1 Å². The molecule has 1 aliphatic heterocycles. The first-order valence-electron chi connectivity index (χ1n) is 9.03. The molecule has 0 saturated carbocycles. The number of nitrogens with zero attached hydrogens (tertiary/aromatic N) is 3. The van der Waals surface area contributed by atoms with Crippen LogP contribution in [0.1, 0.15) is 22.6 Å². The Hall–Kier alpha value is -2.83. The lowest BCUT2D eigenvalue weighted by molar-refractivity contribution is -0.685. The van der Waals surface area contributed by atoms with Crippen molar-refractivity contribution in [3.05, 3.63) is 70.5 Å². The van der Waals surface area contributed by atoms with Crippen molar-refractivity contribution in [2.45, 2.75) is 12.5 Å². The van der Waals surface area contributed by atoms with Crippen molar-refractivity contribution in [3.63, 3.8) is 0 Å². The molecule has 144 valence electrons. The van der Waals surface area contributed by atoms with Gasteiger partial charge in [0.05, 0.1) is 12.5 Å². The molecule has 4 rings (SSSR count). The zero-order valence-electron chi connectivity index (χ0n) is 15.8. The number of hydrogen-bond acceptors (Lipinski definition) is 5. The van der Waals surface area contributed by atoms with E-state index in [1.54, 1.807) is 18.5 Å². The number of halogens is 1. The summed E-state index contributed by atoms with van der Waals surface area (Å²) in [4.78, 5) is 6.60. The fraction of sp³-hybridized carbons (Fsp3) is 0.238. The number of rotatable bonds is 4. The van der Waals surface area contributed by atoms with E-state index in [0.29, 0.717) is 29.0 Å². The first-order chi connectivity index (χ1) is 13.5. The quantitative estimate of drug-likeness (QED) is 0.517. The third-order valence-corrected chi connectivity index (χ3v) is 5.28. The van der Waals surface area contributed by atoms with Gasteiger partial charge in [-0.15, -0.1) is 0 Å². The fourth-order valence-corrected chi connectivity index (χ4v) is 3.74. The Kier molecular flexibility index (Phi) is 4.83. The van der Waals surface area contributed by atoms with E-state index in [0.717, 1.165) is 23.2 Å². The minimum atomic E-state index is -0.243. The smallest absolute Gasteiger partial charge is 0.306 e. The number of phenolic OH excluding ortho intramolecular Hbond substituents is 1. The average molecular weight is 398 g/mol. The molecule has 1 atom stereocenters. The minimum Gasteiger partial charge on any atom is -0.508 e. The number of nitrogen functional groups attached to an aromatic ring is 1. The third-order valence-electron chi connectivity index (χ3n) is 4.94. The Labute approximate surface area is 168 Å². The molecule has 1 aromatic heterocycles. The SMILES string of the molecule is CN(C)CC[n+]1cnc2c(c1N)[C@@H](c1ccccc1Cl)c1ccc(O)cc1O2. The first kappa shape index (κ1) is 18.5. The topological polar surface area (TPSA) is 75.5 Å². The highest BCUT2D eigenvalue weighted by molar-refractivity contribution is 6.31. The van der Waals surface area contributed by atoms with Gasteiger partial charge in [-0.05, 0) is 31.8 Å². The maximum atomic E-state index is 9.91. The van der Waals surface area contributed by atoms with Gasteiger partial charge in [0.25, 0.3) is 0 Å². The molecule has 0 amide bonds. The van der Waals surface area contributed by atoms with Crippen molar-refractivity contribution in [2.24, 2.45) is 0 Å². The van der Waals surface area contributed by atoms with Crippen LogP contribution in [-0.2, 0) is 6.54 Å². The number of phenols is 1. The predicted molar refractivity (Wildman–Crippen MR) is 108 cm³/mol. The van der Waals surface area contributed by atoms with Crippen LogP contribution in [0.25, 0.3) is 0 Å². The van der Waals surface area contributed by atoms with E-state index in [9.17, 15) is 5.11 Å². The van der Waals surface area contributed by atoms with Gasteiger partial charge in [-0.1, -0.05) is 40.9 Å². The van der Waals surface area contributed by atoms with E-state index < -0.39 is 0 Å². The summed E-state index contributed by atoms with van der Waals surface area (Å²) in [5.41, 5.74) is 9.17. The van der Waals surface area contributed by atoms with Crippen molar-refractivity contribution < 1.29 is 14.4 Å². The monoisotopic (exact) mass is 397 g/mol. The Morgan fingerprint density at radius 3 is 2.75 bits per heavy atom. The number of ether oxygens (including phenoxy) is 1. The number of aromatic nitrogens is 2. The number of aromatic hydroxyl groups is 1. The molecule has 1 aliphatic rings. The van der Waals surface area contributed by atoms with E-state index in [-0.39, 0.29) is 11.7 Å². The third kappa shape index (κ3) is 3.25. The first-order valence-corrected chi connectivity index (χ1v) is 9.41. The Bertz CT molecular complexity index is 1040. The standard InChI is InChI=1S/C21H21ClN4O2/c1-25(2)9-10-26-12-24-21-19(20(26)23)18(14-5-3-4-6-16(14)22)15-8-7-13(27)11-17(15)28-21/h3-8,11-12,18,23,27H,9-10H2,1-2H3/p+1/t18-/m0/s1. The summed E-state index contributed by atoms with van der Waals surface area (Å²) < 4.78 is 7.92. The van der Waals surface area contributed by atoms with E-state index >= 15 is 0 Å². The second kappa shape index (κ2) is 7.30. The van der Waals surface area contributed by atoms with Crippen LogP contribution in [0.15, 0.2) is 48.8 Å². The van der Waals surface area contributed by atoms with Gasteiger partial charge in [0, 0.05) is 23.2 Å². The summed E-state index contributed by atoms with van der Waals surface area (Å²) in [6.07, 6.45) is 1.69. The van der Waals surface area contributed by atoms with Crippen LogP contribution in [-0.4, -0.2) is 35.6 Å². The zero-order valence-corrected chi connectivity index (χ0v) is 16.5. The molecule has 2 aromatic carbocycles. The highest BCUT2D eigenvalue weighted by Gasteiger charge is 2.37. The van der Waals surface area contributed by atoms with Crippen LogP contribution >= 0.6 is 11.6 Å². The largest absolute Gasteiger partial charge is 0.508 e. The maximum absolute atomic E-state index is 9.91. The summed E-state index contributed by atoms with van der Waals surface area (Å²) in [7, 11) is 4.03. The molecular weight excluding hydrogens is 376 g/mol. The molecule has 0 radical (unpaired) electrons. The molecule has 28 heavy (non-hydrogen) atoms. The number of hydrogen-bond donors (Lipinski definition) is 2. The molecule has 0 bridgehead atoms. The lowest BCUT2D eigenvalue weighted by Crippen LogP contribution is -2.43. The molecule has 3 N–H and O–H groups in total. The molecule has 7 heteroatoms. The second-order valence-electron chi connectivity index (χ2n) is 7.12. The molecular formula is C21H22ClN4O2+. The Balaban J connectivity index is 1.92. The van der Waals surface area contributed by atoms with Gasteiger partial charge < -0.3 is 20.5 Å². The summed E-state index contributed by atoms with van der Waals surface area (Å²) in [6, 6.07) is 12.8. The van der Waals surface area contributed by atoms with E-state index in [1.807, 2.05) is 49.0 Å². The van der Waals surface area contributed by atoms with Crippen LogP contribution in [0.5, 0.6) is 17.4 Å². The molecule has 0 aliphatic carbocycles. The Morgan fingerprint density at radius 2 is 2.00 bits per heavy atom. The highest BCUT2D eigenvalue weighted by Crippen LogP contribution is 2.49. The lowest BCUT2D eigenvalue weighted by Gasteiger charge is -2.27. The summed E-state index contributed by atoms with van der Waals surface area (Å²) in [6.45, 7) is 1.54. The van der Waals surface area contributed by atoms with E-state index in [4.69, 9.17) is 22.1 Å². The van der Waals surface area contributed by atoms with Crippen LogP contribution in [0.2, 0.25) is 5.02 Å². The van der Waals surface area contributed by atoms with E-state index in [1.165, 1.54) is 0 Å². The number of fused-ring (bicyclic) bond motifs is 2. The lowest BCUT2D eigenvalue weighted by atomic mass is 9.83. The molecule has 3 aromatic rings. The molecule has 0 saturated heterocycles. The van der Waals surface area contributed by atoms with Gasteiger partial charge in [0.15, 0.2) is 0 Å². The van der Waals surface area contributed by atoms with Crippen LogP contribution < -0.4 is 15.0 Å². The number of anilines is 1. The van der Waals surface area contributed by atoms with Crippen molar-refractivity contribution in [3.8, 4) is 17.4 Å². The second-order valence-corrected chi connectivity index (χ2v) is 7.53. The predicted octanol–water partition coefficient (Wildman–Crippen LogP) is 3.16. The van der Waals surface area contributed by atoms with Crippen molar-refractivity contribution >= 4 is 17.4 Å². The summed E-state index contributed by atoms with van der Waals surface area (Å²) >= 11 is 6.55. The zero-order chi connectivity index (χ0) is 19.8. The van der Waals surface area contributed by atoms with Gasteiger partial charge in [0.1, 0.15) is 17.1 Å². The van der Waals surface area contributed by atoms with Gasteiger partial charge in [-0.25, -0.2) is 4.57 Å². The van der Waals surface area contributed by atoms with Crippen LogP contribution in [0.4, 0.5) is 5.82 Å². The fourth-order valence-electron chi connectivity index (χ4n) is 3.50. The van der Waals surface area contributed by atoms with Crippen molar-refractivity contribution in [1.29, 1.82) is 0 Å². The average Bonchev–Trinajstić information content (AvgIpc) is 2.66. The number of benzene rings is 2. The normalized spacial score (nSPS) is 15.1. The molecule has 0 fully saturated rings. The van der Waals surface area contributed by atoms with Gasteiger partial charge in [-0.3, -0.25) is 0 Å². The van der Waals surface area contributed by atoms with E-state index in [2.05, 4.69) is 9.88 Å². The molecule has 0 unspecified atom stereocenters. The molecule has 6 nitrogen and oxygen atoms in total. The summed E-state index contributed by atoms with van der Waals surface area (Å²) in [5.74, 6) is 1.46. The number of nitrogens with two attached hydrogens (primary N) is 1. The van der Waals surface area contributed by atoms with Gasteiger partial charge >= 0.3 is 5.88 Å². The highest BCUT2D eigenvalue weighted by atomic mass is 35.5. The maximum Gasteiger partial charge on any atom is 0.306 e. The van der Waals surface area contributed by atoms with Crippen molar-refractivity contribution in [2.75, 3.05) is 26.4 Å². The van der Waals surface area contributed by atoms with Gasteiger partial charge in [-0.2, -0.15) is 0 Å².